The fraction of sp³-hybridized carbons (Fsp3) is 0.571. The summed E-state index contributed by atoms with van der Waals surface area (Å²) in [4.78, 5) is 19.7. The number of piperazine rings is 1. The van der Waals surface area contributed by atoms with E-state index >= 15 is 0 Å². The second kappa shape index (κ2) is 5.99. The second-order valence-corrected chi connectivity index (χ2v) is 5.86. The Balaban J connectivity index is 1.70. The van der Waals surface area contributed by atoms with Crippen molar-refractivity contribution in [3.8, 4) is 0 Å². The summed E-state index contributed by atoms with van der Waals surface area (Å²) >= 11 is 0. The molecular weight excluding hydrogens is 298 g/mol. The first-order chi connectivity index (χ1) is 11.0. The number of aryl methyl sites for hydroxylation is 3. The zero-order chi connectivity index (χ0) is 16.6. The molecule has 0 bridgehead atoms. The van der Waals surface area contributed by atoms with Gasteiger partial charge in [0.05, 0.1) is 11.5 Å². The molecule has 2 aromatic heterocycles. The smallest absolute Gasteiger partial charge is 0.333 e. The van der Waals surface area contributed by atoms with E-state index in [4.69, 9.17) is 0 Å². The number of imidazole rings is 1. The van der Waals surface area contributed by atoms with Crippen LogP contribution in [0.25, 0.3) is 0 Å². The van der Waals surface area contributed by atoms with Crippen LogP contribution < -0.4 is 4.90 Å². The standard InChI is InChI=1S/C14H21N7O2/c1-11-13(21(22)23)14(18(3)16-11)20-8-6-19(7-9-20)10-12-15-4-5-17(12)2/h4-5H,6-10H2,1-3H3. The highest BCUT2D eigenvalue weighted by molar-refractivity contribution is 5.61. The van der Waals surface area contributed by atoms with E-state index in [1.807, 2.05) is 22.7 Å². The highest BCUT2D eigenvalue weighted by Crippen LogP contribution is 2.31. The van der Waals surface area contributed by atoms with Crippen LogP contribution in [-0.4, -0.2) is 55.3 Å². The van der Waals surface area contributed by atoms with Gasteiger partial charge in [0.15, 0.2) is 0 Å². The quantitative estimate of drug-likeness (QED) is 0.609. The van der Waals surface area contributed by atoms with Gasteiger partial charge in [-0.2, -0.15) is 5.10 Å². The minimum absolute atomic E-state index is 0.116. The van der Waals surface area contributed by atoms with Gasteiger partial charge in [-0.3, -0.25) is 15.0 Å². The Morgan fingerprint density at radius 1 is 1.26 bits per heavy atom. The SMILES string of the molecule is Cc1nn(C)c(N2CCN(Cc3nccn3C)CC2)c1[N+](=O)[O-]. The molecule has 0 radical (unpaired) electrons. The number of aromatic nitrogens is 4. The van der Waals surface area contributed by atoms with Gasteiger partial charge >= 0.3 is 5.69 Å². The number of hydrogen-bond acceptors (Lipinski definition) is 6. The minimum atomic E-state index is -0.335. The molecule has 1 aliphatic heterocycles. The monoisotopic (exact) mass is 319 g/mol. The third-order valence-electron chi connectivity index (χ3n) is 4.30. The van der Waals surface area contributed by atoms with Gasteiger partial charge in [0.25, 0.3) is 0 Å². The molecule has 1 fully saturated rings. The van der Waals surface area contributed by atoms with Crippen LogP contribution in [0.4, 0.5) is 11.5 Å². The Bertz CT molecular complexity index is 713. The van der Waals surface area contributed by atoms with Crippen LogP contribution in [0, 0.1) is 17.0 Å². The molecule has 9 nitrogen and oxygen atoms in total. The molecule has 3 rings (SSSR count). The molecule has 23 heavy (non-hydrogen) atoms. The summed E-state index contributed by atoms with van der Waals surface area (Å²) < 4.78 is 3.63. The number of anilines is 1. The molecule has 1 aliphatic rings. The lowest BCUT2D eigenvalue weighted by Gasteiger charge is -2.35. The van der Waals surface area contributed by atoms with Gasteiger partial charge in [0.2, 0.25) is 5.82 Å². The first-order valence-electron chi connectivity index (χ1n) is 7.59. The van der Waals surface area contributed by atoms with Crippen molar-refractivity contribution >= 4 is 11.5 Å². The maximum absolute atomic E-state index is 11.3. The molecule has 0 atom stereocenters. The van der Waals surface area contributed by atoms with Crippen molar-refractivity contribution in [2.45, 2.75) is 13.5 Å². The van der Waals surface area contributed by atoms with Gasteiger partial charge in [0, 0.05) is 52.7 Å². The number of nitro groups is 1. The second-order valence-electron chi connectivity index (χ2n) is 5.86. The van der Waals surface area contributed by atoms with Crippen LogP contribution in [0.15, 0.2) is 12.4 Å². The largest absolute Gasteiger partial charge is 0.349 e. The fourth-order valence-corrected chi connectivity index (χ4v) is 3.07. The van der Waals surface area contributed by atoms with Gasteiger partial charge in [-0.25, -0.2) is 9.67 Å². The highest BCUT2D eigenvalue weighted by atomic mass is 16.6. The Hall–Kier alpha value is -2.42. The molecule has 0 spiro atoms. The molecule has 3 heterocycles. The van der Waals surface area contributed by atoms with Gasteiger partial charge in [-0.15, -0.1) is 0 Å². The average Bonchev–Trinajstić information content (AvgIpc) is 3.03. The summed E-state index contributed by atoms with van der Waals surface area (Å²) in [5.41, 5.74) is 0.577. The van der Waals surface area contributed by atoms with E-state index in [9.17, 15) is 10.1 Å². The van der Waals surface area contributed by atoms with Crippen molar-refractivity contribution in [2.24, 2.45) is 14.1 Å². The molecule has 0 N–H and O–H groups in total. The molecule has 0 unspecified atom stereocenters. The minimum Gasteiger partial charge on any atom is -0.349 e. The van der Waals surface area contributed by atoms with Gasteiger partial charge in [-0.1, -0.05) is 0 Å². The molecule has 9 heteroatoms. The van der Waals surface area contributed by atoms with E-state index in [-0.39, 0.29) is 10.6 Å². The van der Waals surface area contributed by atoms with Crippen LogP contribution in [0.2, 0.25) is 0 Å². The van der Waals surface area contributed by atoms with E-state index in [0.717, 1.165) is 38.5 Å². The summed E-state index contributed by atoms with van der Waals surface area (Å²) in [7, 11) is 3.75. The van der Waals surface area contributed by atoms with Crippen molar-refractivity contribution in [3.05, 3.63) is 34.0 Å². The molecule has 124 valence electrons. The molecule has 2 aromatic rings. The molecule has 0 aromatic carbocycles. The summed E-state index contributed by atoms with van der Waals surface area (Å²) in [6, 6.07) is 0. The zero-order valence-electron chi connectivity index (χ0n) is 13.6. The average molecular weight is 319 g/mol. The maximum Gasteiger partial charge on any atom is 0.333 e. The summed E-state index contributed by atoms with van der Waals surface area (Å²) in [6.07, 6.45) is 3.74. The highest BCUT2D eigenvalue weighted by Gasteiger charge is 2.30. The first-order valence-corrected chi connectivity index (χ1v) is 7.59. The van der Waals surface area contributed by atoms with Gasteiger partial charge in [0.1, 0.15) is 11.5 Å². The predicted octanol–water partition coefficient (Wildman–Crippen LogP) is 0.692. The number of hydrogen-bond donors (Lipinski definition) is 0. The lowest BCUT2D eigenvalue weighted by atomic mass is 10.3. The summed E-state index contributed by atoms with van der Waals surface area (Å²) in [5.74, 6) is 1.63. The van der Waals surface area contributed by atoms with Crippen LogP contribution in [0.3, 0.4) is 0 Å². The molecule has 0 aliphatic carbocycles. The van der Waals surface area contributed by atoms with Crippen molar-refractivity contribution < 1.29 is 4.92 Å². The number of rotatable bonds is 4. The normalized spacial score (nSPS) is 16.0. The predicted molar refractivity (Wildman–Crippen MR) is 85.3 cm³/mol. The van der Waals surface area contributed by atoms with Gasteiger partial charge in [-0.05, 0) is 6.92 Å². The van der Waals surface area contributed by atoms with Crippen LogP contribution in [0.5, 0.6) is 0 Å². The van der Waals surface area contributed by atoms with Crippen LogP contribution in [-0.2, 0) is 20.6 Å². The Kier molecular flexibility index (Phi) is 4.03. The van der Waals surface area contributed by atoms with Crippen LogP contribution in [0.1, 0.15) is 11.5 Å². The lowest BCUT2D eigenvalue weighted by Crippen LogP contribution is -2.47. The summed E-state index contributed by atoms with van der Waals surface area (Å²) in [5, 5.41) is 15.5. The Morgan fingerprint density at radius 3 is 2.52 bits per heavy atom. The van der Waals surface area contributed by atoms with Crippen molar-refractivity contribution in [1.82, 2.24) is 24.2 Å². The fourth-order valence-electron chi connectivity index (χ4n) is 3.07. The topological polar surface area (TPSA) is 85.3 Å². The molecular formula is C14H21N7O2. The van der Waals surface area contributed by atoms with E-state index in [1.54, 1.807) is 24.9 Å². The van der Waals surface area contributed by atoms with Crippen LogP contribution >= 0.6 is 0 Å². The Labute approximate surface area is 134 Å². The molecule has 0 saturated carbocycles. The maximum atomic E-state index is 11.3. The van der Waals surface area contributed by atoms with E-state index in [2.05, 4.69) is 15.0 Å². The Morgan fingerprint density at radius 2 is 1.96 bits per heavy atom. The zero-order valence-corrected chi connectivity index (χ0v) is 13.6. The third kappa shape index (κ3) is 2.91. The van der Waals surface area contributed by atoms with Crippen molar-refractivity contribution in [2.75, 3.05) is 31.1 Å². The van der Waals surface area contributed by atoms with E-state index < -0.39 is 0 Å². The third-order valence-corrected chi connectivity index (χ3v) is 4.30. The number of nitrogens with zero attached hydrogens (tertiary/aromatic N) is 7. The lowest BCUT2D eigenvalue weighted by molar-refractivity contribution is -0.384. The first kappa shape index (κ1) is 15.5. The van der Waals surface area contributed by atoms with E-state index in [1.165, 1.54) is 0 Å². The molecule has 1 saturated heterocycles. The van der Waals surface area contributed by atoms with E-state index in [0.29, 0.717) is 11.5 Å². The van der Waals surface area contributed by atoms with Crippen molar-refractivity contribution in [3.63, 3.8) is 0 Å². The van der Waals surface area contributed by atoms with Gasteiger partial charge < -0.3 is 9.47 Å². The molecule has 0 amide bonds. The summed E-state index contributed by atoms with van der Waals surface area (Å²) in [6.45, 7) is 5.64. The van der Waals surface area contributed by atoms with Crippen molar-refractivity contribution in [1.29, 1.82) is 0 Å².